The molecule has 8 heteroatoms. The van der Waals surface area contributed by atoms with E-state index in [1.54, 1.807) is 34.1 Å². The maximum atomic E-state index is 13.8. The summed E-state index contributed by atoms with van der Waals surface area (Å²) < 4.78 is 7.60. The lowest BCUT2D eigenvalue weighted by atomic mass is 9.95. The average Bonchev–Trinajstić information content (AvgIpc) is 3.27. The minimum atomic E-state index is -0.845. The second-order valence-electron chi connectivity index (χ2n) is 9.66. The van der Waals surface area contributed by atoms with Crippen molar-refractivity contribution in [1.82, 2.24) is 14.2 Å². The Bertz CT molecular complexity index is 1350. The molecule has 2 heterocycles. The van der Waals surface area contributed by atoms with Crippen molar-refractivity contribution in [2.75, 3.05) is 11.4 Å². The summed E-state index contributed by atoms with van der Waals surface area (Å²) in [5.74, 6) is -0.789. The number of allylic oxidation sites excluding steroid dienone is 1. The van der Waals surface area contributed by atoms with Crippen molar-refractivity contribution in [1.29, 1.82) is 0 Å². The molecule has 1 atom stereocenters. The van der Waals surface area contributed by atoms with Gasteiger partial charge in [-0.2, -0.15) is 4.57 Å². The Kier molecular flexibility index (Phi) is 5.96. The fourth-order valence-electron chi connectivity index (χ4n) is 5.23. The number of carbonyl (C=O) groups is 1. The lowest BCUT2D eigenvalue weighted by Crippen LogP contribution is -2.47. The topological polar surface area (TPSA) is 80.7 Å². The van der Waals surface area contributed by atoms with Crippen molar-refractivity contribution in [3.63, 3.8) is 0 Å². The van der Waals surface area contributed by atoms with Crippen molar-refractivity contribution in [3.05, 3.63) is 93.3 Å². The first kappa shape index (κ1) is 23.0. The Morgan fingerprint density at radius 1 is 0.914 bits per heavy atom. The lowest BCUT2D eigenvalue weighted by molar-refractivity contribution is 0.0974. The second kappa shape index (κ2) is 9.09. The van der Waals surface area contributed by atoms with E-state index in [0.29, 0.717) is 17.9 Å². The zero-order valence-electron chi connectivity index (χ0n) is 20.1. The van der Waals surface area contributed by atoms with Gasteiger partial charge in [-0.25, -0.2) is 14.4 Å². The van der Waals surface area contributed by atoms with Gasteiger partial charge in [-0.3, -0.25) is 4.90 Å². The third-order valence-corrected chi connectivity index (χ3v) is 7.06. The number of benzene rings is 2. The Hall–Kier alpha value is -3.81. The molecule has 0 N–H and O–H groups in total. The van der Waals surface area contributed by atoms with Crippen molar-refractivity contribution in [2.24, 2.45) is 0 Å². The quantitative estimate of drug-likeness (QED) is 0.485. The highest BCUT2D eigenvalue weighted by atomic mass is 16.5. The van der Waals surface area contributed by atoms with E-state index in [0.717, 1.165) is 28.6 Å². The van der Waals surface area contributed by atoms with Gasteiger partial charge in [0, 0.05) is 12.2 Å². The fourth-order valence-corrected chi connectivity index (χ4v) is 5.23. The Balaban J connectivity index is 1.59. The van der Waals surface area contributed by atoms with Gasteiger partial charge in [0.05, 0.1) is 11.2 Å². The Labute approximate surface area is 203 Å². The molecular weight excluding hydrogens is 444 g/mol. The molecule has 1 aliphatic heterocycles. The molecule has 1 saturated heterocycles. The van der Waals surface area contributed by atoms with Crippen LogP contribution < -0.4 is 16.3 Å². The van der Waals surface area contributed by atoms with Crippen molar-refractivity contribution in [2.45, 2.75) is 57.7 Å². The van der Waals surface area contributed by atoms with Crippen LogP contribution in [0.1, 0.15) is 52.1 Å². The standard InChI is InChI=1S/C27H30N4O4/c1-27(2)23(31-25(33)30(26(34)35-31)22-16-10-5-11-17-22)29(21-14-8-4-9-15-21)24(32)28(27)19-18-20-12-6-3-7-13-20/h4-5,8-12,14-17,23H,3,6-7,13,18-19H2,1-2H3/t23-/m1/s1. The number of anilines is 1. The maximum absolute atomic E-state index is 13.8. The van der Waals surface area contributed by atoms with E-state index in [2.05, 4.69) is 6.08 Å². The molecule has 1 fully saturated rings. The van der Waals surface area contributed by atoms with E-state index in [9.17, 15) is 14.4 Å². The van der Waals surface area contributed by atoms with Crippen molar-refractivity contribution >= 4 is 11.7 Å². The smallest absolute Gasteiger partial charge is 0.315 e. The van der Waals surface area contributed by atoms with Gasteiger partial charge in [0.25, 0.3) is 0 Å². The van der Waals surface area contributed by atoms with Gasteiger partial charge in [-0.15, -0.1) is 4.74 Å². The molecular formula is C27H30N4O4. The first-order chi connectivity index (χ1) is 16.9. The first-order valence-electron chi connectivity index (χ1n) is 12.1. The van der Waals surface area contributed by atoms with E-state index < -0.39 is 23.2 Å². The predicted octanol–water partition coefficient (Wildman–Crippen LogP) is 4.70. The van der Waals surface area contributed by atoms with Crippen LogP contribution in [0.3, 0.4) is 0 Å². The fraction of sp³-hybridized carbons (Fsp3) is 0.370. The number of urea groups is 1. The van der Waals surface area contributed by atoms with Gasteiger partial charge in [0.15, 0.2) is 6.17 Å². The van der Waals surface area contributed by atoms with Crippen LogP contribution in [0, 0.1) is 0 Å². The number of nitrogens with zero attached hydrogens (tertiary/aromatic N) is 4. The van der Waals surface area contributed by atoms with Crippen LogP contribution in [-0.2, 0) is 0 Å². The van der Waals surface area contributed by atoms with Crippen molar-refractivity contribution < 1.29 is 9.32 Å². The minimum absolute atomic E-state index is 0.218. The molecule has 1 aromatic heterocycles. The van der Waals surface area contributed by atoms with Crippen LogP contribution in [0.25, 0.3) is 5.69 Å². The minimum Gasteiger partial charge on any atom is -0.315 e. The van der Waals surface area contributed by atoms with Gasteiger partial charge >= 0.3 is 17.5 Å². The average molecular weight is 475 g/mol. The summed E-state index contributed by atoms with van der Waals surface area (Å²) in [5, 5.41) is 0. The molecule has 2 aromatic carbocycles. The summed E-state index contributed by atoms with van der Waals surface area (Å²) in [6, 6.07) is 17.6. The number of para-hydroxylation sites is 2. The van der Waals surface area contributed by atoms with Gasteiger partial charge in [0.1, 0.15) is 0 Å². The lowest BCUT2D eigenvalue weighted by Gasteiger charge is -2.34. The van der Waals surface area contributed by atoms with Crippen LogP contribution in [0.5, 0.6) is 0 Å². The van der Waals surface area contributed by atoms with Gasteiger partial charge < -0.3 is 9.42 Å². The van der Waals surface area contributed by atoms with Crippen LogP contribution >= 0.6 is 0 Å². The summed E-state index contributed by atoms with van der Waals surface area (Å²) in [6.07, 6.45) is 6.75. The van der Waals surface area contributed by atoms with Crippen LogP contribution in [0.15, 0.2) is 86.4 Å². The molecule has 3 aromatic rings. The normalized spacial score (nSPS) is 19.8. The highest BCUT2D eigenvalue weighted by molar-refractivity contribution is 5.95. The third-order valence-electron chi connectivity index (χ3n) is 7.06. The summed E-state index contributed by atoms with van der Waals surface area (Å²) in [6.45, 7) is 4.36. The largest absolute Gasteiger partial charge is 0.447 e. The molecule has 2 amide bonds. The number of carbonyl (C=O) groups excluding carboxylic acids is 1. The van der Waals surface area contributed by atoms with Gasteiger partial charge in [-0.1, -0.05) is 48.0 Å². The summed E-state index contributed by atoms with van der Waals surface area (Å²) in [5.41, 5.74) is 0.972. The first-order valence-corrected chi connectivity index (χ1v) is 12.1. The monoisotopic (exact) mass is 474 g/mol. The molecule has 0 unspecified atom stereocenters. The maximum Gasteiger partial charge on any atom is 0.447 e. The van der Waals surface area contributed by atoms with E-state index in [1.165, 1.54) is 18.4 Å². The summed E-state index contributed by atoms with van der Waals surface area (Å²) in [4.78, 5) is 43.5. The second-order valence-corrected chi connectivity index (χ2v) is 9.66. The van der Waals surface area contributed by atoms with E-state index in [1.807, 2.05) is 50.2 Å². The van der Waals surface area contributed by atoms with Gasteiger partial charge in [0.2, 0.25) is 0 Å². The number of hydrogen-bond acceptors (Lipinski definition) is 4. The highest BCUT2D eigenvalue weighted by Gasteiger charge is 2.55. The van der Waals surface area contributed by atoms with Crippen LogP contribution in [0.2, 0.25) is 0 Å². The van der Waals surface area contributed by atoms with Crippen LogP contribution in [-0.4, -0.2) is 32.3 Å². The molecule has 35 heavy (non-hydrogen) atoms. The molecule has 8 nitrogen and oxygen atoms in total. The summed E-state index contributed by atoms with van der Waals surface area (Å²) in [7, 11) is 0. The predicted molar refractivity (Wildman–Crippen MR) is 134 cm³/mol. The molecule has 2 aliphatic rings. The molecule has 5 rings (SSSR count). The Morgan fingerprint density at radius 3 is 2.20 bits per heavy atom. The molecule has 0 radical (unpaired) electrons. The van der Waals surface area contributed by atoms with Crippen molar-refractivity contribution in [3.8, 4) is 5.69 Å². The zero-order chi connectivity index (χ0) is 24.6. The van der Waals surface area contributed by atoms with Crippen LogP contribution in [0.4, 0.5) is 10.5 Å². The van der Waals surface area contributed by atoms with Gasteiger partial charge in [-0.05, 0) is 70.2 Å². The number of hydrogen-bond donors (Lipinski definition) is 0. The molecule has 1 aliphatic carbocycles. The van der Waals surface area contributed by atoms with E-state index in [4.69, 9.17) is 4.52 Å². The number of amides is 2. The van der Waals surface area contributed by atoms with E-state index in [-0.39, 0.29) is 6.03 Å². The molecule has 0 spiro atoms. The van der Waals surface area contributed by atoms with E-state index >= 15 is 0 Å². The molecule has 0 bridgehead atoms. The highest BCUT2D eigenvalue weighted by Crippen LogP contribution is 2.42. The summed E-state index contributed by atoms with van der Waals surface area (Å²) >= 11 is 0. The molecule has 0 saturated carbocycles. The Morgan fingerprint density at radius 2 is 1.57 bits per heavy atom. The molecule has 182 valence electrons. The third kappa shape index (κ3) is 4.03. The number of aromatic nitrogens is 2. The number of rotatable bonds is 6. The zero-order valence-corrected chi connectivity index (χ0v) is 20.1. The SMILES string of the molecule is CC1(C)[C@@H](n2oc(=O)n(-c3ccccc3)c2=O)N(c2ccccc2)C(=O)N1CCC1=CCCCC1.